The highest BCUT2D eigenvalue weighted by Crippen LogP contribution is 2.32. The van der Waals surface area contributed by atoms with Crippen molar-refractivity contribution in [2.45, 2.75) is 73.5 Å². The fourth-order valence-electron chi connectivity index (χ4n) is 4.77. The summed E-state index contributed by atoms with van der Waals surface area (Å²) in [7, 11) is 0. The number of amides is 1. The Kier molecular flexibility index (Phi) is 13.0. The van der Waals surface area contributed by atoms with E-state index in [2.05, 4.69) is 36.4 Å². The molecule has 0 spiro atoms. The number of anilines is 1. The number of rotatable bonds is 19. The van der Waals surface area contributed by atoms with Crippen LogP contribution < -0.4 is 11.5 Å². The number of unbranched alkanes of at least 4 members (excludes halogenated alkanes) is 1. The Bertz CT molecular complexity index is 1300. The van der Waals surface area contributed by atoms with E-state index in [0.717, 1.165) is 53.6 Å². The van der Waals surface area contributed by atoms with Crippen LogP contribution in [0.3, 0.4) is 0 Å². The monoisotopic (exact) mass is 601 g/mol. The zero-order chi connectivity index (χ0) is 31.5. The number of aromatic nitrogens is 3. The maximum atomic E-state index is 11.1. The van der Waals surface area contributed by atoms with Crippen molar-refractivity contribution >= 4 is 33.8 Å². The summed E-state index contributed by atoms with van der Waals surface area (Å²) in [6.45, 7) is 16.8. The van der Waals surface area contributed by atoms with Gasteiger partial charge in [0.15, 0.2) is 5.82 Å². The van der Waals surface area contributed by atoms with Gasteiger partial charge in [0.25, 0.3) is 0 Å². The van der Waals surface area contributed by atoms with Gasteiger partial charge in [-0.15, -0.1) is 0 Å². The highest BCUT2D eigenvalue weighted by molar-refractivity contribution is 6.06. The van der Waals surface area contributed by atoms with E-state index in [1.165, 1.54) is 0 Å². The summed E-state index contributed by atoms with van der Waals surface area (Å²) in [5, 5.41) is 1.06. The maximum absolute atomic E-state index is 11.1. The Morgan fingerprint density at radius 2 is 1.56 bits per heavy atom. The van der Waals surface area contributed by atoms with E-state index in [4.69, 9.17) is 40.1 Å². The molecule has 2 aromatic heterocycles. The van der Waals surface area contributed by atoms with E-state index in [9.17, 15) is 4.79 Å². The Morgan fingerprint density at radius 1 is 0.930 bits per heavy atom. The number of hydrogen-bond acceptors (Lipinski definition) is 9. The van der Waals surface area contributed by atoms with Gasteiger partial charge in [0.05, 0.1) is 63.9 Å². The molecule has 0 saturated carbocycles. The first-order valence-electron chi connectivity index (χ1n) is 15.2. The minimum Gasteiger partial charge on any atom is -0.443 e. The van der Waals surface area contributed by atoms with Crippen LogP contribution in [0.4, 0.5) is 10.6 Å². The molecule has 0 bridgehead atoms. The summed E-state index contributed by atoms with van der Waals surface area (Å²) in [5.74, 6) is 1.51. The van der Waals surface area contributed by atoms with Gasteiger partial charge in [0.1, 0.15) is 17.4 Å². The molecule has 0 aliphatic carbocycles. The number of benzene rings is 1. The first kappa shape index (κ1) is 34.5. The van der Waals surface area contributed by atoms with Gasteiger partial charge in [-0.25, -0.2) is 14.8 Å². The van der Waals surface area contributed by atoms with E-state index in [1.54, 1.807) is 0 Å². The minimum atomic E-state index is -0.801. The first-order valence-corrected chi connectivity index (χ1v) is 15.2. The molecule has 1 aromatic carbocycles. The molecule has 0 saturated heterocycles. The average Bonchev–Trinajstić information content (AvgIpc) is 3.29. The minimum absolute atomic E-state index is 0.147. The van der Waals surface area contributed by atoms with Crippen LogP contribution in [0, 0.1) is 10.8 Å². The number of aryl methyl sites for hydroxylation is 1. The van der Waals surface area contributed by atoms with Crippen LogP contribution >= 0.6 is 0 Å². The number of nitrogens with zero attached hydrogens (tertiary/aromatic N) is 3. The van der Waals surface area contributed by atoms with Crippen LogP contribution in [0.1, 0.15) is 60.2 Å². The molecule has 43 heavy (non-hydrogen) atoms. The molecule has 0 aliphatic heterocycles. The molecule has 1 amide bonds. The van der Waals surface area contributed by atoms with Crippen molar-refractivity contribution in [3.8, 4) is 0 Å². The molecule has 0 fully saturated rings. The van der Waals surface area contributed by atoms with Crippen molar-refractivity contribution < 1.29 is 28.5 Å². The Morgan fingerprint density at radius 3 is 2.19 bits per heavy atom. The molecule has 3 aromatic rings. The van der Waals surface area contributed by atoms with E-state index in [0.29, 0.717) is 52.1 Å². The molecular weight excluding hydrogens is 550 g/mol. The highest BCUT2D eigenvalue weighted by Gasteiger charge is 2.28. The Balaban J connectivity index is 1.40. The molecule has 0 aliphatic rings. The predicted molar refractivity (Wildman–Crippen MR) is 169 cm³/mol. The summed E-state index contributed by atoms with van der Waals surface area (Å²) >= 11 is 0. The molecule has 11 heteroatoms. The van der Waals surface area contributed by atoms with Crippen LogP contribution in [0.15, 0.2) is 24.3 Å². The smallest absolute Gasteiger partial charge is 0.404 e. The summed E-state index contributed by atoms with van der Waals surface area (Å²) in [5.41, 5.74) is 13.8. The van der Waals surface area contributed by atoms with Crippen LogP contribution in [0.2, 0.25) is 0 Å². The number of nitrogens with two attached hydrogens (primary N) is 2. The molecule has 0 radical (unpaired) electrons. The Labute approximate surface area is 255 Å². The summed E-state index contributed by atoms with van der Waals surface area (Å²) in [6, 6.07) is 8.10. The van der Waals surface area contributed by atoms with Gasteiger partial charge >= 0.3 is 6.09 Å². The van der Waals surface area contributed by atoms with Gasteiger partial charge in [-0.2, -0.15) is 0 Å². The normalized spacial score (nSPS) is 13.2. The third-order valence-corrected chi connectivity index (χ3v) is 7.13. The number of pyridine rings is 1. The van der Waals surface area contributed by atoms with Crippen molar-refractivity contribution in [2.75, 3.05) is 58.6 Å². The Hall–Kier alpha value is -2.99. The fourth-order valence-corrected chi connectivity index (χ4v) is 4.77. The van der Waals surface area contributed by atoms with E-state index < -0.39 is 12.2 Å². The molecule has 4 N–H and O–H groups in total. The van der Waals surface area contributed by atoms with Crippen molar-refractivity contribution in [1.82, 2.24) is 14.5 Å². The molecule has 2 heterocycles. The number of imidazole rings is 1. The van der Waals surface area contributed by atoms with Crippen LogP contribution in [-0.2, 0) is 36.6 Å². The van der Waals surface area contributed by atoms with Gasteiger partial charge in [-0.05, 0) is 12.5 Å². The second-order valence-corrected chi connectivity index (χ2v) is 12.7. The molecule has 1 unspecified atom stereocenters. The zero-order valence-corrected chi connectivity index (χ0v) is 26.8. The SMILES string of the molecule is CCCCc1nc2c(N)nc3ccccc3c2n1CC(C)(C)COCCOCCOCCOCC(OC(N)=O)C(C)(C)C. The predicted octanol–water partition coefficient (Wildman–Crippen LogP) is 5.11. The quantitative estimate of drug-likeness (QED) is 0.179. The number of hydrogen-bond donors (Lipinski definition) is 2. The molecule has 11 nitrogen and oxygen atoms in total. The van der Waals surface area contributed by atoms with Crippen molar-refractivity contribution in [3.05, 3.63) is 30.1 Å². The van der Waals surface area contributed by atoms with E-state index in [1.807, 2.05) is 39.0 Å². The number of nitrogen functional groups attached to an aromatic ring is 1. The summed E-state index contributed by atoms with van der Waals surface area (Å²) in [6.07, 6.45) is 1.82. The summed E-state index contributed by atoms with van der Waals surface area (Å²) in [4.78, 5) is 20.6. The number of carbonyl (C=O) groups is 1. The van der Waals surface area contributed by atoms with Gasteiger partial charge in [0.2, 0.25) is 0 Å². The van der Waals surface area contributed by atoms with Gasteiger partial charge in [-0.3, -0.25) is 0 Å². The standard InChI is InChI=1S/C32H51N5O6/c1-7-8-13-26-36-27-28(23-11-9-10-12-24(23)35-29(27)33)37(26)21-32(5,6)22-42-19-17-40-15-14-39-16-18-41-20-25(31(2,3)4)43-30(34)38/h9-12,25H,7-8,13-22H2,1-6H3,(H2,33,35)(H2,34,38). The molecule has 1 atom stereocenters. The van der Waals surface area contributed by atoms with Crippen LogP contribution in [0.5, 0.6) is 0 Å². The number of carbonyl (C=O) groups excluding carboxylic acids is 1. The van der Waals surface area contributed by atoms with E-state index >= 15 is 0 Å². The van der Waals surface area contributed by atoms with Crippen LogP contribution in [-0.4, -0.2) is 79.6 Å². The molecule has 240 valence electrons. The largest absolute Gasteiger partial charge is 0.443 e. The molecule has 3 rings (SSSR count). The van der Waals surface area contributed by atoms with Crippen molar-refractivity contribution in [3.63, 3.8) is 0 Å². The lowest BCUT2D eigenvalue weighted by Crippen LogP contribution is -2.37. The number of para-hydroxylation sites is 1. The second-order valence-electron chi connectivity index (χ2n) is 12.7. The third kappa shape index (κ3) is 10.6. The second kappa shape index (κ2) is 16.2. The van der Waals surface area contributed by atoms with Gasteiger partial charge in [-0.1, -0.05) is 66.2 Å². The summed E-state index contributed by atoms with van der Waals surface area (Å²) < 4.78 is 30.3. The van der Waals surface area contributed by atoms with Crippen molar-refractivity contribution in [2.24, 2.45) is 16.6 Å². The number of primary amides is 1. The highest BCUT2D eigenvalue weighted by atomic mass is 16.6. The lowest BCUT2D eigenvalue weighted by atomic mass is 9.89. The number of ether oxygens (including phenoxy) is 5. The lowest BCUT2D eigenvalue weighted by molar-refractivity contribution is -0.0474. The lowest BCUT2D eigenvalue weighted by Gasteiger charge is -2.29. The van der Waals surface area contributed by atoms with E-state index in [-0.39, 0.29) is 17.4 Å². The third-order valence-electron chi connectivity index (χ3n) is 7.13. The fraction of sp³-hybridized carbons (Fsp3) is 0.656. The zero-order valence-electron chi connectivity index (χ0n) is 26.8. The average molecular weight is 602 g/mol. The first-order chi connectivity index (χ1) is 20.4. The van der Waals surface area contributed by atoms with Crippen molar-refractivity contribution in [1.29, 1.82) is 0 Å². The topological polar surface area (TPSA) is 146 Å². The van der Waals surface area contributed by atoms with Gasteiger partial charge < -0.3 is 39.7 Å². The molecular formula is C32H51N5O6. The number of fused-ring (bicyclic) bond motifs is 3. The van der Waals surface area contributed by atoms with Crippen LogP contribution in [0.25, 0.3) is 21.9 Å². The van der Waals surface area contributed by atoms with Gasteiger partial charge in [0, 0.05) is 29.2 Å². The maximum Gasteiger partial charge on any atom is 0.404 e.